The Morgan fingerprint density at radius 2 is 1.00 bits per heavy atom. The maximum absolute atomic E-state index is 13.4. The molecule has 0 spiro atoms. The number of nitrogens with one attached hydrogen (secondary N) is 2. The fraction of sp³-hybridized carbons (Fsp3) is 0.148. The third kappa shape index (κ3) is 14.1. The van der Waals surface area contributed by atoms with Crippen LogP contribution in [0.25, 0.3) is 21.5 Å². The van der Waals surface area contributed by atoms with Gasteiger partial charge in [-0.15, -0.1) is 15.3 Å². The molecule has 0 saturated carbocycles. The van der Waals surface area contributed by atoms with E-state index in [2.05, 4.69) is 31.1 Å². The predicted molar refractivity (Wildman–Crippen MR) is 294 cm³/mol. The van der Waals surface area contributed by atoms with Gasteiger partial charge in [-0.2, -0.15) is 13.5 Å². The zero-order valence-corrected chi connectivity index (χ0v) is 46.9. The summed E-state index contributed by atoms with van der Waals surface area (Å²) in [5, 5.41) is 47.5. The van der Waals surface area contributed by atoms with Crippen LogP contribution in [0.3, 0.4) is 0 Å². The van der Waals surface area contributed by atoms with E-state index in [9.17, 15) is 45.7 Å². The van der Waals surface area contributed by atoms with Crippen molar-refractivity contribution in [3.8, 4) is 23.0 Å². The van der Waals surface area contributed by atoms with E-state index in [0.717, 1.165) is 0 Å². The third-order valence-corrected chi connectivity index (χ3v) is 14.3. The number of phenolic OH excluding ortho intramolecular Hbond substituents is 1. The molecule has 0 radical (unpaired) electrons. The third-order valence-electron chi connectivity index (χ3n) is 11.4. The summed E-state index contributed by atoms with van der Waals surface area (Å²) in [6.45, 7) is 8.26. The van der Waals surface area contributed by atoms with Crippen molar-refractivity contribution in [1.29, 1.82) is 0 Å². The van der Waals surface area contributed by atoms with Gasteiger partial charge in [0.15, 0.2) is 5.75 Å². The smallest absolute Gasteiger partial charge is 0.870 e. The summed E-state index contributed by atoms with van der Waals surface area (Å²) in [5.41, 5.74) is 0.841. The second kappa shape index (κ2) is 26.1. The molecule has 0 atom stereocenters. The standard InChI is InChI=1S/2C27H24ClN3O6S.Ca/c2*1-3-16-9-14-22(26(23(16)28)38(34,35)36)30-31-24-20-8-6-5-7-17(20)15-21(25(24)32)27(33)29-18-10-12-19(13-11-18)37-4-2;/h2*5-15,32H,3-4H2,1-2H3,(H,29,33)(H,34,35,36);/q;;+2/p-2. The number of amides is 2. The monoisotopic (exact) mass is 1140 g/mol. The fourth-order valence-corrected chi connectivity index (χ4v) is 10.3. The van der Waals surface area contributed by atoms with Crippen LogP contribution < -0.4 is 25.2 Å². The minimum Gasteiger partial charge on any atom is -0.870 e. The number of ether oxygens (including phenoxy) is 2. The molecule has 0 saturated heterocycles. The first-order chi connectivity index (χ1) is 36.3. The molecule has 0 heterocycles. The summed E-state index contributed by atoms with van der Waals surface area (Å²) >= 11 is 12.4. The van der Waals surface area contributed by atoms with E-state index in [1.807, 2.05) is 13.8 Å². The molecule has 2 amide bonds. The Hall–Kier alpha value is -6.72. The number of hydrogen-bond donors (Lipinski definition) is 4. The average molecular weight is 1150 g/mol. The van der Waals surface area contributed by atoms with Gasteiger partial charge in [0, 0.05) is 27.7 Å². The van der Waals surface area contributed by atoms with Gasteiger partial charge in [0.2, 0.25) is 0 Å². The first kappa shape index (κ1) is 59.5. The molecule has 0 bridgehead atoms. The zero-order chi connectivity index (χ0) is 54.9. The molecule has 4 N–H and O–H groups in total. The Labute approximate surface area is 483 Å². The number of carbonyl (C=O) groups excluding carboxylic acids is 2. The summed E-state index contributed by atoms with van der Waals surface area (Å²) in [6.07, 6.45) is 0.815. The summed E-state index contributed by atoms with van der Waals surface area (Å²) in [7, 11) is -9.74. The second-order valence-electron chi connectivity index (χ2n) is 16.3. The maximum atomic E-state index is 13.4. The molecule has 18 nitrogen and oxygen atoms in total. The van der Waals surface area contributed by atoms with E-state index in [4.69, 9.17) is 32.7 Å². The van der Waals surface area contributed by atoms with Gasteiger partial charge in [-0.1, -0.05) is 103 Å². The number of fused-ring (bicyclic) bond motifs is 2. The number of azo groups is 2. The van der Waals surface area contributed by atoms with Gasteiger partial charge < -0.3 is 34.9 Å². The van der Waals surface area contributed by atoms with Crippen LogP contribution >= 0.6 is 23.2 Å². The summed E-state index contributed by atoms with van der Waals surface area (Å²) in [4.78, 5) is 24.9. The molecule has 392 valence electrons. The van der Waals surface area contributed by atoms with Gasteiger partial charge in [0.25, 0.3) is 21.9 Å². The van der Waals surface area contributed by atoms with E-state index in [1.165, 1.54) is 30.3 Å². The molecule has 0 aliphatic rings. The van der Waals surface area contributed by atoms with Gasteiger partial charge in [0.05, 0.1) is 34.5 Å². The number of anilines is 2. The van der Waals surface area contributed by atoms with Gasteiger partial charge in [-0.05, 0) is 121 Å². The molecule has 0 unspecified atom stereocenters. The topological polar surface area (TPSA) is 281 Å². The number of hydrogen-bond acceptors (Lipinski definition) is 15. The molecule has 8 aromatic rings. The maximum Gasteiger partial charge on any atom is 2.00 e. The fourth-order valence-electron chi connectivity index (χ4n) is 7.74. The van der Waals surface area contributed by atoms with Crippen LogP contribution in [-0.4, -0.2) is 93.8 Å². The van der Waals surface area contributed by atoms with Crippen LogP contribution in [0, 0.1) is 0 Å². The molecule has 23 heteroatoms. The minimum atomic E-state index is -5.00. The van der Waals surface area contributed by atoms with E-state index in [1.54, 1.807) is 117 Å². The van der Waals surface area contributed by atoms with Crippen molar-refractivity contribution in [2.75, 3.05) is 23.8 Å². The molecule has 0 aromatic heterocycles. The van der Waals surface area contributed by atoms with Gasteiger partial charge >= 0.3 is 37.7 Å². The van der Waals surface area contributed by atoms with Crippen molar-refractivity contribution in [3.63, 3.8) is 0 Å². The first-order valence-electron chi connectivity index (χ1n) is 23.2. The number of halogens is 2. The van der Waals surface area contributed by atoms with Crippen molar-refractivity contribution >= 4 is 149 Å². The van der Waals surface area contributed by atoms with Crippen molar-refractivity contribution < 1.29 is 55.2 Å². The Kier molecular flexibility index (Phi) is 20.2. The van der Waals surface area contributed by atoms with Crippen LogP contribution in [0.4, 0.5) is 34.1 Å². The van der Waals surface area contributed by atoms with Gasteiger partial charge in [0.1, 0.15) is 48.5 Å². The number of aromatic hydroxyl groups is 1. The Morgan fingerprint density at radius 1 is 0.584 bits per heavy atom. The number of rotatable bonds is 16. The van der Waals surface area contributed by atoms with Crippen LogP contribution in [0.5, 0.6) is 23.0 Å². The molecular weight excluding hydrogens is 1100 g/mol. The van der Waals surface area contributed by atoms with Crippen molar-refractivity contribution in [1.82, 2.24) is 0 Å². The van der Waals surface area contributed by atoms with E-state index in [0.29, 0.717) is 81.6 Å². The van der Waals surface area contributed by atoms with Crippen LogP contribution in [0.15, 0.2) is 164 Å². The van der Waals surface area contributed by atoms with Crippen molar-refractivity contribution in [3.05, 3.63) is 166 Å². The SMILES string of the molecule is CCOc1ccc(NC(=O)c2cc3ccccc3c(N=Nc3ccc(CC)c(Cl)c3S(=O)(=O)O)c2O)cc1.CCOc1ccc(NC(=O)c2cc3ccccc3c(N=Nc3ccc(CC)c(Cl)c3S(=O)(=O)[O-])c2[O-])cc1.[Ca+2]. The zero-order valence-electron chi connectivity index (χ0n) is 41.6. The number of aryl methyl sites for hydroxylation is 2. The van der Waals surface area contributed by atoms with Crippen LogP contribution in [-0.2, 0) is 33.1 Å². The first-order valence-corrected chi connectivity index (χ1v) is 26.8. The molecule has 0 aliphatic carbocycles. The summed E-state index contributed by atoms with van der Waals surface area (Å²) in [5.74, 6) is -1.16. The summed E-state index contributed by atoms with van der Waals surface area (Å²) in [6, 6.07) is 35.8. The Morgan fingerprint density at radius 3 is 1.45 bits per heavy atom. The van der Waals surface area contributed by atoms with Gasteiger partial charge in [-0.25, -0.2) is 8.42 Å². The Bertz CT molecular complexity index is 3560. The number of carbonyl (C=O) groups is 2. The molecule has 8 rings (SSSR count). The predicted octanol–water partition coefficient (Wildman–Crippen LogP) is 12.8. The summed E-state index contributed by atoms with van der Waals surface area (Å²) < 4.78 is 80.5. The largest absolute Gasteiger partial charge is 2.00 e. The van der Waals surface area contributed by atoms with E-state index < -0.39 is 53.3 Å². The number of benzene rings is 8. The van der Waals surface area contributed by atoms with Crippen molar-refractivity contribution in [2.24, 2.45) is 20.5 Å². The van der Waals surface area contributed by atoms with E-state index >= 15 is 0 Å². The van der Waals surface area contributed by atoms with Crippen LogP contribution in [0.2, 0.25) is 10.0 Å². The average Bonchev–Trinajstić information content (AvgIpc) is 3.39. The molecule has 0 aliphatic heterocycles. The quantitative estimate of drug-likeness (QED) is 0.0399. The number of nitrogens with zero attached hydrogens (tertiary/aromatic N) is 4. The normalized spacial score (nSPS) is 11.5. The number of phenols is 1. The molecular formula is C54H46CaCl2N6O12S2. The van der Waals surface area contributed by atoms with E-state index in [-0.39, 0.29) is 81.7 Å². The second-order valence-corrected chi connectivity index (χ2v) is 19.7. The van der Waals surface area contributed by atoms with Crippen molar-refractivity contribution in [2.45, 2.75) is 50.3 Å². The van der Waals surface area contributed by atoms with Gasteiger partial charge in [-0.3, -0.25) is 14.1 Å². The molecule has 8 aromatic carbocycles. The molecule has 0 fully saturated rings. The molecule has 77 heavy (non-hydrogen) atoms. The minimum absolute atomic E-state index is 0. The van der Waals surface area contributed by atoms with Crippen LogP contribution in [0.1, 0.15) is 59.5 Å². The Balaban J connectivity index is 0.000000246.